The summed E-state index contributed by atoms with van der Waals surface area (Å²) in [7, 11) is 1.71. The second-order valence-corrected chi connectivity index (χ2v) is 4.50. The number of rotatable bonds is 5. The zero-order valence-electron chi connectivity index (χ0n) is 11.0. The van der Waals surface area contributed by atoms with Crippen molar-refractivity contribution in [1.82, 2.24) is 0 Å². The van der Waals surface area contributed by atoms with Crippen LogP contribution in [0.3, 0.4) is 0 Å². The van der Waals surface area contributed by atoms with Gasteiger partial charge in [0, 0.05) is 11.7 Å². The maximum Gasteiger partial charge on any atom is 0.121 e. The topological polar surface area (TPSA) is 21.3 Å². The van der Waals surface area contributed by atoms with E-state index >= 15 is 0 Å². The molecule has 0 aliphatic rings. The van der Waals surface area contributed by atoms with Gasteiger partial charge >= 0.3 is 0 Å². The molecule has 0 saturated heterocycles. The van der Waals surface area contributed by atoms with Crippen LogP contribution in [0.1, 0.15) is 32.8 Å². The van der Waals surface area contributed by atoms with E-state index in [1.54, 1.807) is 7.11 Å². The number of methoxy groups -OCH3 is 1. The molecule has 2 unspecified atom stereocenters. The molecule has 2 atom stereocenters. The van der Waals surface area contributed by atoms with Crippen molar-refractivity contribution in [3.05, 3.63) is 23.8 Å². The predicted molar refractivity (Wildman–Crippen MR) is 70.3 cm³/mol. The van der Waals surface area contributed by atoms with Crippen molar-refractivity contribution in [3.63, 3.8) is 0 Å². The monoisotopic (exact) mass is 221 g/mol. The van der Waals surface area contributed by atoms with Crippen molar-refractivity contribution in [3.8, 4) is 5.75 Å². The fourth-order valence-electron chi connectivity index (χ4n) is 1.73. The van der Waals surface area contributed by atoms with Gasteiger partial charge in [-0.25, -0.2) is 0 Å². The molecular weight excluding hydrogens is 198 g/mol. The Hall–Kier alpha value is -1.18. The predicted octanol–water partition coefficient (Wildman–Crippen LogP) is 3.85. The third-order valence-electron chi connectivity index (χ3n) is 3.29. The summed E-state index contributed by atoms with van der Waals surface area (Å²) in [5.74, 6) is 1.63. The Morgan fingerprint density at radius 1 is 1.31 bits per heavy atom. The van der Waals surface area contributed by atoms with Gasteiger partial charge in [-0.05, 0) is 43.5 Å². The summed E-state index contributed by atoms with van der Waals surface area (Å²) >= 11 is 0. The summed E-state index contributed by atoms with van der Waals surface area (Å²) in [6.45, 7) is 8.79. The van der Waals surface area contributed by atoms with Crippen LogP contribution in [0.15, 0.2) is 18.2 Å². The van der Waals surface area contributed by atoms with E-state index in [0.29, 0.717) is 12.0 Å². The number of ether oxygens (including phenoxy) is 1. The standard InChI is InChI=1S/C14H23NO/c1-6-10(2)12(4)15-13-7-8-14(16-5)11(3)9-13/h7-10,12,15H,6H2,1-5H3. The highest BCUT2D eigenvalue weighted by molar-refractivity contribution is 5.51. The Kier molecular flexibility index (Phi) is 4.66. The van der Waals surface area contributed by atoms with Crippen LogP contribution in [-0.2, 0) is 0 Å². The molecule has 0 aliphatic heterocycles. The van der Waals surface area contributed by atoms with Gasteiger partial charge in [0.2, 0.25) is 0 Å². The maximum atomic E-state index is 5.25. The SMILES string of the molecule is CCC(C)C(C)Nc1ccc(OC)c(C)c1. The Labute approximate surface area is 99.0 Å². The van der Waals surface area contributed by atoms with Crippen LogP contribution < -0.4 is 10.1 Å². The minimum Gasteiger partial charge on any atom is -0.496 e. The molecule has 2 nitrogen and oxygen atoms in total. The second-order valence-electron chi connectivity index (χ2n) is 4.50. The molecule has 0 fully saturated rings. The first kappa shape index (κ1) is 12.9. The summed E-state index contributed by atoms with van der Waals surface area (Å²) in [6.07, 6.45) is 1.20. The van der Waals surface area contributed by atoms with Crippen molar-refractivity contribution in [2.24, 2.45) is 5.92 Å². The smallest absolute Gasteiger partial charge is 0.121 e. The lowest BCUT2D eigenvalue weighted by Crippen LogP contribution is -2.23. The first-order valence-electron chi connectivity index (χ1n) is 5.99. The number of hydrogen-bond donors (Lipinski definition) is 1. The third-order valence-corrected chi connectivity index (χ3v) is 3.29. The molecule has 0 spiro atoms. The lowest BCUT2D eigenvalue weighted by molar-refractivity contribution is 0.411. The van der Waals surface area contributed by atoms with Crippen molar-refractivity contribution in [2.75, 3.05) is 12.4 Å². The molecule has 2 heteroatoms. The van der Waals surface area contributed by atoms with Crippen LogP contribution >= 0.6 is 0 Å². The third kappa shape index (κ3) is 3.16. The molecule has 0 aliphatic carbocycles. The van der Waals surface area contributed by atoms with E-state index in [-0.39, 0.29) is 0 Å². The van der Waals surface area contributed by atoms with E-state index in [9.17, 15) is 0 Å². The number of hydrogen-bond acceptors (Lipinski definition) is 2. The molecule has 0 radical (unpaired) electrons. The summed E-state index contributed by atoms with van der Waals surface area (Å²) in [6, 6.07) is 6.72. The Balaban J connectivity index is 2.71. The van der Waals surface area contributed by atoms with Crippen LogP contribution in [-0.4, -0.2) is 13.2 Å². The van der Waals surface area contributed by atoms with Crippen LogP contribution in [0, 0.1) is 12.8 Å². The normalized spacial score (nSPS) is 14.3. The molecule has 1 aromatic carbocycles. The molecular formula is C14H23NO. The highest BCUT2D eigenvalue weighted by atomic mass is 16.5. The van der Waals surface area contributed by atoms with Crippen LogP contribution in [0.2, 0.25) is 0 Å². The molecule has 1 N–H and O–H groups in total. The first-order chi connectivity index (χ1) is 7.58. The zero-order chi connectivity index (χ0) is 12.1. The number of benzene rings is 1. The summed E-state index contributed by atoms with van der Waals surface area (Å²) in [5, 5.41) is 3.53. The zero-order valence-corrected chi connectivity index (χ0v) is 11.0. The van der Waals surface area contributed by atoms with E-state index in [1.807, 2.05) is 6.07 Å². The van der Waals surface area contributed by atoms with Gasteiger partial charge in [0.25, 0.3) is 0 Å². The maximum absolute atomic E-state index is 5.25. The van der Waals surface area contributed by atoms with Crippen LogP contribution in [0.4, 0.5) is 5.69 Å². The minimum atomic E-state index is 0.498. The molecule has 0 aromatic heterocycles. The minimum absolute atomic E-state index is 0.498. The van der Waals surface area contributed by atoms with E-state index in [4.69, 9.17) is 4.74 Å². The van der Waals surface area contributed by atoms with E-state index in [0.717, 1.165) is 5.75 Å². The quantitative estimate of drug-likeness (QED) is 0.815. The Morgan fingerprint density at radius 2 is 2.00 bits per heavy atom. The molecule has 1 aromatic rings. The highest BCUT2D eigenvalue weighted by Crippen LogP contribution is 2.23. The summed E-state index contributed by atoms with van der Waals surface area (Å²) in [5.41, 5.74) is 2.34. The molecule has 1 rings (SSSR count). The molecule has 0 amide bonds. The van der Waals surface area contributed by atoms with Crippen molar-refractivity contribution < 1.29 is 4.74 Å². The first-order valence-corrected chi connectivity index (χ1v) is 5.99. The number of nitrogens with one attached hydrogen (secondary N) is 1. The van der Waals surface area contributed by atoms with E-state index in [1.165, 1.54) is 17.7 Å². The lowest BCUT2D eigenvalue weighted by atomic mass is 10.0. The van der Waals surface area contributed by atoms with Crippen molar-refractivity contribution in [2.45, 2.75) is 40.2 Å². The van der Waals surface area contributed by atoms with Gasteiger partial charge in [-0.15, -0.1) is 0 Å². The largest absolute Gasteiger partial charge is 0.496 e. The van der Waals surface area contributed by atoms with Gasteiger partial charge in [-0.1, -0.05) is 20.3 Å². The van der Waals surface area contributed by atoms with Gasteiger partial charge < -0.3 is 10.1 Å². The van der Waals surface area contributed by atoms with E-state index in [2.05, 4.69) is 45.1 Å². The highest BCUT2D eigenvalue weighted by Gasteiger charge is 2.10. The molecule has 90 valence electrons. The van der Waals surface area contributed by atoms with Gasteiger partial charge in [0.15, 0.2) is 0 Å². The summed E-state index contributed by atoms with van der Waals surface area (Å²) in [4.78, 5) is 0. The van der Waals surface area contributed by atoms with Gasteiger partial charge in [-0.3, -0.25) is 0 Å². The number of aryl methyl sites for hydroxylation is 1. The average Bonchev–Trinajstić information content (AvgIpc) is 2.28. The summed E-state index contributed by atoms with van der Waals surface area (Å²) < 4.78 is 5.25. The Morgan fingerprint density at radius 3 is 2.50 bits per heavy atom. The second kappa shape index (κ2) is 5.78. The van der Waals surface area contributed by atoms with Crippen LogP contribution in [0.25, 0.3) is 0 Å². The number of anilines is 1. The van der Waals surface area contributed by atoms with Crippen LogP contribution in [0.5, 0.6) is 5.75 Å². The average molecular weight is 221 g/mol. The Bertz CT molecular complexity index is 336. The van der Waals surface area contributed by atoms with Gasteiger partial charge in [0.05, 0.1) is 7.11 Å². The molecule has 16 heavy (non-hydrogen) atoms. The van der Waals surface area contributed by atoms with Crippen molar-refractivity contribution >= 4 is 5.69 Å². The molecule has 0 bridgehead atoms. The fourth-order valence-corrected chi connectivity index (χ4v) is 1.73. The van der Waals surface area contributed by atoms with Gasteiger partial charge in [0.1, 0.15) is 5.75 Å². The van der Waals surface area contributed by atoms with E-state index < -0.39 is 0 Å². The lowest BCUT2D eigenvalue weighted by Gasteiger charge is -2.21. The van der Waals surface area contributed by atoms with Gasteiger partial charge in [-0.2, -0.15) is 0 Å². The molecule has 0 heterocycles. The fraction of sp³-hybridized carbons (Fsp3) is 0.571. The molecule has 0 saturated carbocycles. The van der Waals surface area contributed by atoms with Crippen molar-refractivity contribution in [1.29, 1.82) is 0 Å².